The summed E-state index contributed by atoms with van der Waals surface area (Å²) in [6, 6.07) is 7.05. The summed E-state index contributed by atoms with van der Waals surface area (Å²) in [5.41, 5.74) is 8.09. The summed E-state index contributed by atoms with van der Waals surface area (Å²) in [6.45, 7) is 5.86. The number of nitrogens with zero attached hydrogens (tertiary/aromatic N) is 1. The molecule has 1 aliphatic rings. The van der Waals surface area contributed by atoms with Crippen LogP contribution in [0, 0.1) is 12.8 Å². The highest BCUT2D eigenvalue weighted by Gasteiger charge is 2.30. The van der Waals surface area contributed by atoms with Gasteiger partial charge in [-0.25, -0.2) is 0 Å². The summed E-state index contributed by atoms with van der Waals surface area (Å²) in [4.78, 5) is 26.5. The average molecular weight is 354 g/mol. The van der Waals surface area contributed by atoms with E-state index in [-0.39, 0.29) is 30.1 Å². The van der Waals surface area contributed by atoms with Crippen LogP contribution < -0.4 is 11.1 Å². The summed E-state index contributed by atoms with van der Waals surface area (Å²) in [6.07, 6.45) is 2.59. The van der Waals surface area contributed by atoms with Crippen LogP contribution in [0.5, 0.6) is 0 Å². The van der Waals surface area contributed by atoms with Gasteiger partial charge in [-0.3, -0.25) is 9.59 Å². The van der Waals surface area contributed by atoms with Crippen molar-refractivity contribution in [2.75, 3.05) is 19.6 Å². The maximum absolute atomic E-state index is 12.6. The van der Waals surface area contributed by atoms with Crippen LogP contribution in [-0.2, 0) is 9.59 Å². The molecule has 134 valence electrons. The molecule has 1 aromatic rings. The minimum absolute atomic E-state index is 0. The Kier molecular flexibility index (Phi) is 8.22. The second-order valence-corrected chi connectivity index (χ2v) is 6.30. The van der Waals surface area contributed by atoms with Gasteiger partial charge < -0.3 is 16.0 Å². The van der Waals surface area contributed by atoms with Gasteiger partial charge in [-0.1, -0.05) is 36.8 Å². The molecule has 0 radical (unpaired) electrons. The number of carbonyl (C=O) groups is 2. The highest BCUT2D eigenvalue weighted by Crippen LogP contribution is 2.21. The normalized spacial score (nSPS) is 18.5. The Balaban J connectivity index is 0.00000288. The molecule has 2 rings (SSSR count). The number of piperidine rings is 1. The zero-order valence-corrected chi connectivity index (χ0v) is 15.3. The first-order valence-corrected chi connectivity index (χ1v) is 8.41. The Labute approximate surface area is 150 Å². The number of amides is 2. The molecule has 1 saturated heterocycles. The molecular formula is C18H28ClN3O2. The molecule has 1 aliphatic heterocycles. The quantitative estimate of drug-likeness (QED) is 0.851. The van der Waals surface area contributed by atoms with E-state index in [1.54, 1.807) is 4.90 Å². The van der Waals surface area contributed by atoms with E-state index in [1.165, 1.54) is 0 Å². The lowest BCUT2D eigenvalue weighted by Gasteiger charge is -2.33. The molecule has 2 unspecified atom stereocenters. The minimum Gasteiger partial charge on any atom is -0.356 e. The number of hydrogen-bond donors (Lipinski definition) is 2. The summed E-state index contributed by atoms with van der Waals surface area (Å²) in [5, 5.41) is 2.92. The summed E-state index contributed by atoms with van der Waals surface area (Å²) < 4.78 is 0. The van der Waals surface area contributed by atoms with Crippen molar-refractivity contribution in [3.63, 3.8) is 0 Å². The molecule has 0 saturated carbocycles. The Morgan fingerprint density at radius 3 is 2.62 bits per heavy atom. The summed E-state index contributed by atoms with van der Waals surface area (Å²) >= 11 is 0. The molecule has 2 atom stereocenters. The number of carbonyl (C=O) groups excluding carboxylic acids is 2. The van der Waals surface area contributed by atoms with Crippen LogP contribution in [0.3, 0.4) is 0 Å². The maximum atomic E-state index is 12.6. The van der Waals surface area contributed by atoms with Gasteiger partial charge in [0.2, 0.25) is 11.8 Å². The standard InChI is InChI=1S/C18H27N3O2.ClH/c1-3-10-20-17(22)15-5-4-11-21(12-15)18(23)16(19)14-8-6-13(2)7-9-14;/h6-9,15-16H,3-5,10-12,19H2,1-2H3,(H,20,22);1H. The first kappa shape index (κ1) is 20.5. The SMILES string of the molecule is CCCNC(=O)C1CCCN(C(=O)C(N)c2ccc(C)cc2)C1.Cl. The van der Waals surface area contributed by atoms with Crippen LogP contribution >= 0.6 is 12.4 Å². The van der Waals surface area contributed by atoms with Gasteiger partial charge in [0.15, 0.2) is 0 Å². The molecular weight excluding hydrogens is 326 g/mol. The molecule has 1 fully saturated rings. The van der Waals surface area contributed by atoms with E-state index in [4.69, 9.17) is 5.73 Å². The number of nitrogens with one attached hydrogen (secondary N) is 1. The first-order valence-electron chi connectivity index (χ1n) is 8.41. The van der Waals surface area contributed by atoms with Crippen molar-refractivity contribution < 1.29 is 9.59 Å². The van der Waals surface area contributed by atoms with Crippen LogP contribution in [0.2, 0.25) is 0 Å². The summed E-state index contributed by atoms with van der Waals surface area (Å²) in [7, 11) is 0. The van der Waals surface area contributed by atoms with Crippen molar-refractivity contribution in [3.8, 4) is 0 Å². The number of halogens is 1. The number of nitrogens with two attached hydrogens (primary N) is 1. The Morgan fingerprint density at radius 1 is 1.33 bits per heavy atom. The van der Waals surface area contributed by atoms with Gasteiger partial charge in [0.25, 0.3) is 0 Å². The van der Waals surface area contributed by atoms with Crippen molar-refractivity contribution in [1.82, 2.24) is 10.2 Å². The second kappa shape index (κ2) is 9.64. The third-order valence-electron chi connectivity index (χ3n) is 4.36. The molecule has 1 heterocycles. The Morgan fingerprint density at radius 2 is 2.00 bits per heavy atom. The summed E-state index contributed by atoms with van der Waals surface area (Å²) in [5.74, 6) is -0.167. The number of benzene rings is 1. The molecule has 0 aromatic heterocycles. The van der Waals surface area contributed by atoms with E-state index < -0.39 is 6.04 Å². The zero-order valence-electron chi connectivity index (χ0n) is 14.5. The molecule has 0 aliphatic carbocycles. The lowest BCUT2D eigenvalue weighted by molar-refractivity contribution is -0.137. The van der Waals surface area contributed by atoms with Gasteiger partial charge in [0.1, 0.15) is 6.04 Å². The largest absolute Gasteiger partial charge is 0.356 e. The maximum Gasteiger partial charge on any atom is 0.244 e. The monoisotopic (exact) mass is 353 g/mol. The highest BCUT2D eigenvalue weighted by atomic mass is 35.5. The number of rotatable bonds is 5. The van der Waals surface area contributed by atoms with Crippen LogP contribution in [0.1, 0.15) is 43.4 Å². The van der Waals surface area contributed by atoms with E-state index in [2.05, 4.69) is 5.32 Å². The third kappa shape index (κ3) is 5.21. The van der Waals surface area contributed by atoms with Crippen LogP contribution in [-0.4, -0.2) is 36.3 Å². The van der Waals surface area contributed by atoms with E-state index in [0.717, 1.165) is 30.4 Å². The van der Waals surface area contributed by atoms with Crippen molar-refractivity contribution in [1.29, 1.82) is 0 Å². The number of likely N-dealkylation sites (tertiary alicyclic amines) is 1. The average Bonchev–Trinajstić information content (AvgIpc) is 2.59. The van der Waals surface area contributed by atoms with Crippen LogP contribution in [0.25, 0.3) is 0 Å². The zero-order chi connectivity index (χ0) is 16.8. The van der Waals surface area contributed by atoms with E-state index in [0.29, 0.717) is 19.6 Å². The Hall–Kier alpha value is -1.59. The number of aryl methyl sites for hydroxylation is 1. The van der Waals surface area contributed by atoms with E-state index in [1.807, 2.05) is 38.1 Å². The molecule has 24 heavy (non-hydrogen) atoms. The third-order valence-corrected chi connectivity index (χ3v) is 4.36. The van der Waals surface area contributed by atoms with E-state index >= 15 is 0 Å². The van der Waals surface area contributed by atoms with Crippen molar-refractivity contribution in [3.05, 3.63) is 35.4 Å². The van der Waals surface area contributed by atoms with Gasteiger partial charge in [-0.05, 0) is 31.7 Å². The van der Waals surface area contributed by atoms with Gasteiger partial charge >= 0.3 is 0 Å². The van der Waals surface area contributed by atoms with Crippen molar-refractivity contribution >= 4 is 24.2 Å². The van der Waals surface area contributed by atoms with Crippen LogP contribution in [0.4, 0.5) is 0 Å². The molecule has 5 nitrogen and oxygen atoms in total. The fourth-order valence-corrected chi connectivity index (χ4v) is 2.90. The van der Waals surface area contributed by atoms with Gasteiger partial charge in [0, 0.05) is 19.6 Å². The fraction of sp³-hybridized carbons (Fsp3) is 0.556. The second-order valence-electron chi connectivity index (χ2n) is 6.30. The number of hydrogen-bond acceptors (Lipinski definition) is 3. The van der Waals surface area contributed by atoms with Gasteiger partial charge in [-0.15, -0.1) is 12.4 Å². The lowest BCUT2D eigenvalue weighted by Crippen LogP contribution is -2.48. The fourth-order valence-electron chi connectivity index (χ4n) is 2.90. The molecule has 6 heteroatoms. The molecule has 2 amide bonds. The Bertz CT molecular complexity index is 548. The minimum atomic E-state index is -0.659. The lowest BCUT2D eigenvalue weighted by atomic mass is 9.95. The van der Waals surface area contributed by atoms with Crippen molar-refractivity contribution in [2.45, 2.75) is 39.2 Å². The highest BCUT2D eigenvalue weighted by molar-refractivity contribution is 5.85. The van der Waals surface area contributed by atoms with Crippen LogP contribution in [0.15, 0.2) is 24.3 Å². The smallest absolute Gasteiger partial charge is 0.244 e. The predicted octanol–water partition coefficient (Wildman–Crippen LogP) is 2.18. The molecule has 3 N–H and O–H groups in total. The molecule has 1 aromatic carbocycles. The molecule has 0 bridgehead atoms. The van der Waals surface area contributed by atoms with Gasteiger partial charge in [0.05, 0.1) is 5.92 Å². The van der Waals surface area contributed by atoms with Crippen molar-refractivity contribution in [2.24, 2.45) is 11.7 Å². The molecule has 0 spiro atoms. The topological polar surface area (TPSA) is 75.4 Å². The van der Waals surface area contributed by atoms with Gasteiger partial charge in [-0.2, -0.15) is 0 Å². The first-order chi connectivity index (χ1) is 11.0. The predicted molar refractivity (Wildman–Crippen MR) is 98.0 cm³/mol. The van der Waals surface area contributed by atoms with E-state index in [9.17, 15) is 9.59 Å².